The number of carbonyl (C=O) groups excluding carboxylic acids is 2. The third-order valence-corrected chi connectivity index (χ3v) is 16.2. The van der Waals surface area contributed by atoms with Crippen molar-refractivity contribution in [2.45, 2.75) is 354 Å². The van der Waals surface area contributed by atoms with E-state index >= 15 is 0 Å². The SMILES string of the molecule is CCCCCCCCCCC/C=C\C(OC(=O)CCCCCCCCCCCCCCC)C(COP(=O)([O-])OCC[N+](C)(C)C)NC(=O)CCCCCCCCCCCCCCCCCCCCCCCCCCC. The largest absolute Gasteiger partial charge is 0.756 e. The van der Waals surface area contributed by atoms with Crippen LogP contribution < -0.4 is 10.2 Å². The highest BCUT2D eigenvalue weighted by Crippen LogP contribution is 2.38. The number of likely N-dealkylation sites (N-methyl/N-ethyl adjacent to an activating group) is 1. The Kier molecular flexibility index (Phi) is 55.1. The van der Waals surface area contributed by atoms with Crippen LogP contribution >= 0.6 is 7.82 Å². The molecule has 0 saturated carbocycles. The molecule has 75 heavy (non-hydrogen) atoms. The Morgan fingerprint density at radius 2 is 0.760 bits per heavy atom. The number of quaternary nitrogens is 1. The van der Waals surface area contributed by atoms with Gasteiger partial charge in [-0.1, -0.05) is 309 Å². The minimum absolute atomic E-state index is 0.0168. The van der Waals surface area contributed by atoms with E-state index in [1.165, 1.54) is 250 Å². The zero-order chi connectivity index (χ0) is 55.0. The summed E-state index contributed by atoms with van der Waals surface area (Å²) < 4.78 is 30.3. The van der Waals surface area contributed by atoms with E-state index in [1.54, 1.807) is 0 Å². The lowest BCUT2D eigenvalue weighted by molar-refractivity contribution is -0.870. The molecule has 3 atom stereocenters. The molecule has 9 nitrogen and oxygen atoms in total. The molecule has 0 rings (SSSR count). The maximum absolute atomic E-state index is 13.5. The molecule has 446 valence electrons. The van der Waals surface area contributed by atoms with E-state index in [9.17, 15) is 19.0 Å². The summed E-state index contributed by atoms with van der Waals surface area (Å²) >= 11 is 0. The first-order valence-corrected chi connectivity index (χ1v) is 34.5. The van der Waals surface area contributed by atoms with Gasteiger partial charge in [0.05, 0.1) is 33.8 Å². The van der Waals surface area contributed by atoms with Gasteiger partial charge in [-0.15, -0.1) is 0 Å². The van der Waals surface area contributed by atoms with Crippen molar-refractivity contribution in [1.82, 2.24) is 5.32 Å². The van der Waals surface area contributed by atoms with Crippen LogP contribution in [0.4, 0.5) is 0 Å². The van der Waals surface area contributed by atoms with Crippen molar-refractivity contribution in [2.75, 3.05) is 40.9 Å². The van der Waals surface area contributed by atoms with Gasteiger partial charge in [0, 0.05) is 12.8 Å². The molecule has 0 radical (unpaired) electrons. The average Bonchev–Trinajstić information content (AvgIpc) is 3.37. The van der Waals surface area contributed by atoms with Crippen LogP contribution in [-0.2, 0) is 27.9 Å². The van der Waals surface area contributed by atoms with Crippen LogP contribution in [0.3, 0.4) is 0 Å². The van der Waals surface area contributed by atoms with E-state index in [2.05, 4.69) is 26.1 Å². The van der Waals surface area contributed by atoms with E-state index in [4.69, 9.17) is 13.8 Å². The number of ether oxygens (including phenoxy) is 1. The molecule has 0 saturated heterocycles. The summed E-state index contributed by atoms with van der Waals surface area (Å²) in [5, 5.41) is 3.04. The van der Waals surface area contributed by atoms with E-state index in [0.29, 0.717) is 17.4 Å². The van der Waals surface area contributed by atoms with Crippen molar-refractivity contribution in [2.24, 2.45) is 0 Å². The fourth-order valence-corrected chi connectivity index (χ4v) is 10.8. The molecule has 10 heteroatoms. The van der Waals surface area contributed by atoms with E-state index in [1.807, 2.05) is 33.3 Å². The summed E-state index contributed by atoms with van der Waals surface area (Å²) in [6, 6.07) is -0.879. The molecular weight excluding hydrogens is 952 g/mol. The number of nitrogens with zero attached hydrogens (tertiary/aromatic N) is 1. The number of esters is 1. The Labute approximate surface area is 467 Å². The first-order chi connectivity index (χ1) is 36.4. The normalized spacial score (nSPS) is 13.6. The predicted octanol–water partition coefficient (Wildman–Crippen LogP) is 19.7. The Morgan fingerprint density at radius 3 is 1.09 bits per heavy atom. The highest BCUT2D eigenvalue weighted by atomic mass is 31.2. The van der Waals surface area contributed by atoms with Gasteiger partial charge in [0.1, 0.15) is 19.3 Å². The molecule has 0 aromatic rings. The molecule has 1 N–H and O–H groups in total. The molecule has 1 amide bonds. The molecule has 0 heterocycles. The number of nitrogens with one attached hydrogen (secondary N) is 1. The lowest BCUT2D eigenvalue weighted by atomic mass is 10.0. The van der Waals surface area contributed by atoms with Gasteiger partial charge in [0.25, 0.3) is 7.82 Å². The number of allylic oxidation sites excluding steroid dienone is 1. The van der Waals surface area contributed by atoms with Crippen LogP contribution in [0.15, 0.2) is 12.2 Å². The number of amides is 1. The predicted molar refractivity (Wildman–Crippen MR) is 321 cm³/mol. The standard InChI is InChI=1S/C65H129N2O7P/c1-7-10-13-16-19-22-25-27-28-29-30-31-32-33-34-35-36-37-38-40-42-45-48-51-54-57-64(68)66-62(61-73-75(70,71)72-60-59-67(4,5)6)63(56-53-50-47-44-41-24-21-18-15-12-9-3)74-65(69)58-55-52-49-46-43-39-26-23-20-17-14-11-8-2/h53,56,62-63H,7-52,54-55,57-61H2,1-6H3,(H-,66,68,70,71)/b56-53-. The molecule has 0 spiro atoms. The highest BCUT2D eigenvalue weighted by molar-refractivity contribution is 7.45. The zero-order valence-electron chi connectivity index (χ0n) is 51.0. The maximum Gasteiger partial charge on any atom is 0.306 e. The minimum Gasteiger partial charge on any atom is -0.756 e. The van der Waals surface area contributed by atoms with Crippen molar-refractivity contribution >= 4 is 19.7 Å². The van der Waals surface area contributed by atoms with Crippen molar-refractivity contribution in [1.29, 1.82) is 0 Å². The topological polar surface area (TPSA) is 114 Å². The Hall–Kier alpha value is -1.25. The van der Waals surface area contributed by atoms with Crippen LogP contribution in [0.2, 0.25) is 0 Å². The van der Waals surface area contributed by atoms with Gasteiger partial charge in [-0.05, 0) is 31.8 Å². The highest BCUT2D eigenvalue weighted by Gasteiger charge is 2.27. The summed E-state index contributed by atoms with van der Waals surface area (Å²) in [5.41, 5.74) is 0. The molecule has 0 aliphatic heterocycles. The first-order valence-electron chi connectivity index (χ1n) is 33.0. The van der Waals surface area contributed by atoms with Gasteiger partial charge in [-0.2, -0.15) is 0 Å². The summed E-state index contributed by atoms with van der Waals surface area (Å²) in [6.07, 6.45) is 64.8. The third kappa shape index (κ3) is 57.3. The smallest absolute Gasteiger partial charge is 0.306 e. The number of unbranched alkanes of at least 4 members (excludes halogenated alkanes) is 45. The number of phosphoric ester groups is 1. The summed E-state index contributed by atoms with van der Waals surface area (Å²) in [7, 11) is 1.21. The van der Waals surface area contributed by atoms with E-state index < -0.39 is 20.0 Å². The number of rotatable bonds is 61. The second kappa shape index (κ2) is 56.0. The quantitative estimate of drug-likeness (QED) is 0.0212. The zero-order valence-corrected chi connectivity index (χ0v) is 51.9. The van der Waals surface area contributed by atoms with Gasteiger partial charge in [-0.25, -0.2) is 0 Å². The van der Waals surface area contributed by atoms with Gasteiger partial charge in [-0.3, -0.25) is 14.2 Å². The number of carbonyl (C=O) groups is 2. The molecule has 0 aromatic heterocycles. The molecule has 0 bridgehead atoms. The molecule has 3 unspecified atom stereocenters. The number of hydrogen-bond donors (Lipinski definition) is 1. The van der Waals surface area contributed by atoms with Gasteiger partial charge >= 0.3 is 5.97 Å². The maximum atomic E-state index is 13.5. The molecule has 0 aliphatic rings. The average molecular weight is 1080 g/mol. The lowest BCUT2D eigenvalue weighted by Gasteiger charge is -2.30. The monoisotopic (exact) mass is 1080 g/mol. The van der Waals surface area contributed by atoms with Gasteiger partial charge < -0.3 is 28.5 Å². The number of phosphoric acid groups is 1. The second-order valence-electron chi connectivity index (χ2n) is 24.0. The Balaban J connectivity index is 4.97. The minimum atomic E-state index is -4.69. The van der Waals surface area contributed by atoms with Crippen LogP contribution in [0.1, 0.15) is 342 Å². The van der Waals surface area contributed by atoms with E-state index in [-0.39, 0.29) is 31.5 Å². The van der Waals surface area contributed by atoms with Crippen LogP contribution in [-0.4, -0.2) is 69.4 Å². The van der Waals surface area contributed by atoms with E-state index in [0.717, 1.165) is 57.8 Å². The number of hydrogen-bond acceptors (Lipinski definition) is 7. The van der Waals surface area contributed by atoms with Crippen molar-refractivity contribution in [3.8, 4) is 0 Å². The fourth-order valence-electron chi connectivity index (χ4n) is 10.1. The summed E-state index contributed by atoms with van der Waals surface area (Å²) in [4.78, 5) is 40.0. The first kappa shape index (κ1) is 73.8. The van der Waals surface area contributed by atoms with Crippen LogP contribution in [0.25, 0.3) is 0 Å². The molecule has 0 aliphatic carbocycles. The summed E-state index contributed by atoms with van der Waals surface area (Å²) in [6.45, 7) is 6.89. The Morgan fingerprint density at radius 1 is 0.453 bits per heavy atom. The van der Waals surface area contributed by atoms with Gasteiger partial charge in [0.2, 0.25) is 5.91 Å². The fraction of sp³-hybridized carbons (Fsp3) is 0.938. The van der Waals surface area contributed by atoms with Crippen molar-refractivity contribution in [3.63, 3.8) is 0 Å². The van der Waals surface area contributed by atoms with Crippen LogP contribution in [0.5, 0.6) is 0 Å². The Bertz CT molecular complexity index is 1290. The van der Waals surface area contributed by atoms with Crippen molar-refractivity contribution in [3.05, 3.63) is 12.2 Å². The lowest BCUT2D eigenvalue weighted by Crippen LogP contribution is -2.47. The second-order valence-corrected chi connectivity index (χ2v) is 25.4. The third-order valence-electron chi connectivity index (χ3n) is 15.2. The molecular formula is C65H129N2O7P. The van der Waals surface area contributed by atoms with Gasteiger partial charge in [0.15, 0.2) is 0 Å². The summed E-state index contributed by atoms with van der Waals surface area (Å²) in [5.74, 6) is -0.519. The van der Waals surface area contributed by atoms with Crippen LogP contribution in [0, 0.1) is 0 Å². The molecule has 0 aromatic carbocycles. The van der Waals surface area contributed by atoms with Crippen molar-refractivity contribution < 1.29 is 37.3 Å². The molecule has 0 fully saturated rings.